The van der Waals surface area contributed by atoms with Crippen molar-refractivity contribution >= 4 is 16.7 Å². The van der Waals surface area contributed by atoms with E-state index in [0.29, 0.717) is 24.3 Å². The second-order valence-corrected chi connectivity index (χ2v) is 7.80. The summed E-state index contributed by atoms with van der Waals surface area (Å²) in [5.74, 6) is 0.782. The molecule has 5 rings (SSSR count). The fourth-order valence-corrected chi connectivity index (χ4v) is 4.28. The highest BCUT2D eigenvalue weighted by Gasteiger charge is 2.25. The molecule has 8 heteroatoms. The molecule has 0 spiro atoms. The monoisotopic (exact) mass is 404 g/mol. The molecule has 2 unspecified atom stereocenters. The Morgan fingerprint density at radius 1 is 1.20 bits per heavy atom. The number of rotatable bonds is 3. The molecule has 0 aromatic carbocycles. The van der Waals surface area contributed by atoms with E-state index in [0.717, 1.165) is 55.0 Å². The lowest BCUT2D eigenvalue weighted by Crippen LogP contribution is -2.44. The number of aromatic nitrogens is 4. The molecule has 2 aliphatic rings. The Balaban J connectivity index is 1.66. The van der Waals surface area contributed by atoms with Crippen LogP contribution in [0.4, 0.5) is 5.82 Å². The Hall–Kier alpha value is -3.02. The molecular weight excluding hydrogens is 380 g/mol. The lowest BCUT2D eigenvalue weighted by atomic mass is 10.1. The van der Waals surface area contributed by atoms with Gasteiger partial charge < -0.3 is 14.4 Å². The molecule has 0 aliphatic carbocycles. The smallest absolute Gasteiger partial charge is 0.150 e. The largest absolute Gasteiger partial charge is 0.377 e. The molecule has 8 nitrogen and oxygen atoms in total. The van der Waals surface area contributed by atoms with Gasteiger partial charge in [-0.15, -0.1) is 0 Å². The Morgan fingerprint density at radius 2 is 2.13 bits per heavy atom. The van der Waals surface area contributed by atoms with Gasteiger partial charge in [-0.3, -0.25) is 4.98 Å². The van der Waals surface area contributed by atoms with Gasteiger partial charge in [-0.2, -0.15) is 10.4 Å². The lowest BCUT2D eigenvalue weighted by molar-refractivity contribution is -0.0383. The molecule has 2 aliphatic heterocycles. The maximum Gasteiger partial charge on any atom is 0.150 e. The Morgan fingerprint density at radius 3 is 2.93 bits per heavy atom. The maximum absolute atomic E-state index is 9.83. The maximum atomic E-state index is 9.83. The Kier molecular flexibility index (Phi) is 5.07. The van der Waals surface area contributed by atoms with E-state index in [1.165, 1.54) is 0 Å². The molecule has 2 atom stereocenters. The van der Waals surface area contributed by atoms with Crippen LogP contribution in [0.2, 0.25) is 0 Å². The van der Waals surface area contributed by atoms with E-state index < -0.39 is 0 Å². The average molecular weight is 404 g/mol. The summed E-state index contributed by atoms with van der Waals surface area (Å²) in [6.45, 7) is 4.89. The van der Waals surface area contributed by atoms with Crippen LogP contribution < -0.4 is 4.90 Å². The van der Waals surface area contributed by atoms with Crippen molar-refractivity contribution < 1.29 is 9.47 Å². The highest BCUT2D eigenvalue weighted by Crippen LogP contribution is 2.33. The van der Waals surface area contributed by atoms with E-state index in [4.69, 9.17) is 14.5 Å². The number of fused-ring (bicyclic) bond motifs is 1. The van der Waals surface area contributed by atoms with Gasteiger partial charge in [-0.25, -0.2) is 9.67 Å². The molecular formula is C22H24N6O2. The first-order valence-electron chi connectivity index (χ1n) is 10.5. The van der Waals surface area contributed by atoms with Crippen molar-refractivity contribution in [1.29, 1.82) is 5.26 Å². The standard InChI is InChI=1S/C22H24N6O2/c1-15-14-29-11-9-27(15)19-12-16(13-23)17-5-7-24-22(21(17)26-19)18-6-8-25-28(18)20-4-2-3-10-30-20/h5-8,12,15,20H,2-4,9-11,14H2,1H3. The van der Waals surface area contributed by atoms with Crippen LogP contribution in [0.1, 0.15) is 38.0 Å². The van der Waals surface area contributed by atoms with E-state index in [1.807, 2.05) is 22.9 Å². The van der Waals surface area contributed by atoms with Crippen molar-refractivity contribution in [2.24, 2.45) is 0 Å². The summed E-state index contributed by atoms with van der Waals surface area (Å²) >= 11 is 0. The molecule has 0 bridgehead atoms. The molecule has 154 valence electrons. The van der Waals surface area contributed by atoms with Crippen LogP contribution >= 0.6 is 0 Å². The summed E-state index contributed by atoms with van der Waals surface area (Å²) < 4.78 is 13.4. The SMILES string of the molecule is CC1COCCN1c1cc(C#N)c2ccnc(-c3ccnn3C3CCCCO3)c2n1. The highest BCUT2D eigenvalue weighted by molar-refractivity contribution is 5.95. The van der Waals surface area contributed by atoms with Gasteiger partial charge in [0.15, 0.2) is 6.23 Å². The van der Waals surface area contributed by atoms with E-state index in [1.54, 1.807) is 12.4 Å². The van der Waals surface area contributed by atoms with Gasteiger partial charge in [0.1, 0.15) is 17.0 Å². The predicted molar refractivity (Wildman–Crippen MR) is 112 cm³/mol. The number of pyridine rings is 2. The van der Waals surface area contributed by atoms with Crippen molar-refractivity contribution in [3.63, 3.8) is 0 Å². The predicted octanol–water partition coefficient (Wildman–Crippen LogP) is 3.29. The number of morpholine rings is 1. The zero-order valence-electron chi connectivity index (χ0n) is 17.0. The van der Waals surface area contributed by atoms with Gasteiger partial charge in [0.25, 0.3) is 0 Å². The van der Waals surface area contributed by atoms with Gasteiger partial charge in [0.2, 0.25) is 0 Å². The van der Waals surface area contributed by atoms with Gasteiger partial charge >= 0.3 is 0 Å². The molecule has 0 amide bonds. The highest BCUT2D eigenvalue weighted by atomic mass is 16.5. The molecule has 3 aromatic rings. The van der Waals surface area contributed by atoms with Crippen molar-refractivity contribution in [3.05, 3.63) is 36.2 Å². The summed E-state index contributed by atoms with van der Waals surface area (Å²) in [7, 11) is 0. The average Bonchev–Trinajstić information content (AvgIpc) is 3.28. The minimum absolute atomic E-state index is 0.0984. The van der Waals surface area contributed by atoms with E-state index in [-0.39, 0.29) is 12.3 Å². The number of nitrogens with zero attached hydrogens (tertiary/aromatic N) is 6. The number of nitriles is 1. The Bertz CT molecular complexity index is 1100. The van der Waals surface area contributed by atoms with Crippen LogP contribution in [-0.2, 0) is 9.47 Å². The van der Waals surface area contributed by atoms with Crippen LogP contribution in [-0.4, -0.2) is 52.2 Å². The zero-order chi connectivity index (χ0) is 20.5. The molecule has 30 heavy (non-hydrogen) atoms. The van der Waals surface area contributed by atoms with Gasteiger partial charge in [0.05, 0.1) is 36.6 Å². The second kappa shape index (κ2) is 8.01. The van der Waals surface area contributed by atoms with Crippen molar-refractivity contribution in [1.82, 2.24) is 19.7 Å². The van der Waals surface area contributed by atoms with Crippen molar-refractivity contribution in [2.45, 2.75) is 38.5 Å². The summed E-state index contributed by atoms with van der Waals surface area (Å²) in [6.07, 6.45) is 6.52. The summed E-state index contributed by atoms with van der Waals surface area (Å²) in [5.41, 5.74) is 2.88. The topological polar surface area (TPSA) is 89.1 Å². The third kappa shape index (κ3) is 3.30. The quantitative estimate of drug-likeness (QED) is 0.662. The number of hydrogen-bond donors (Lipinski definition) is 0. The minimum Gasteiger partial charge on any atom is -0.377 e. The van der Waals surface area contributed by atoms with E-state index >= 15 is 0 Å². The fourth-order valence-electron chi connectivity index (χ4n) is 4.28. The zero-order valence-corrected chi connectivity index (χ0v) is 17.0. The fraction of sp³-hybridized carbons (Fsp3) is 0.455. The lowest BCUT2D eigenvalue weighted by Gasteiger charge is -2.34. The minimum atomic E-state index is -0.0984. The molecule has 0 saturated carbocycles. The van der Waals surface area contributed by atoms with Crippen LogP contribution in [0.15, 0.2) is 30.6 Å². The van der Waals surface area contributed by atoms with Crippen LogP contribution in [0, 0.1) is 11.3 Å². The van der Waals surface area contributed by atoms with Crippen molar-refractivity contribution in [3.8, 4) is 17.5 Å². The normalized spacial score (nSPS) is 22.2. The van der Waals surface area contributed by atoms with Gasteiger partial charge in [0, 0.05) is 30.9 Å². The van der Waals surface area contributed by atoms with Crippen LogP contribution in [0.5, 0.6) is 0 Å². The summed E-state index contributed by atoms with van der Waals surface area (Å²) in [5, 5.41) is 15.1. The molecule has 2 fully saturated rings. The number of hydrogen-bond acceptors (Lipinski definition) is 7. The van der Waals surface area contributed by atoms with Crippen LogP contribution in [0.25, 0.3) is 22.3 Å². The first kappa shape index (κ1) is 19.0. The molecule has 0 radical (unpaired) electrons. The van der Waals surface area contributed by atoms with Gasteiger partial charge in [-0.1, -0.05) is 0 Å². The van der Waals surface area contributed by atoms with Crippen LogP contribution in [0.3, 0.4) is 0 Å². The molecule has 5 heterocycles. The molecule has 0 N–H and O–H groups in total. The molecule has 3 aromatic heterocycles. The summed E-state index contributed by atoms with van der Waals surface area (Å²) in [6, 6.07) is 8.20. The van der Waals surface area contributed by atoms with E-state index in [2.05, 4.69) is 28.0 Å². The van der Waals surface area contributed by atoms with Gasteiger partial charge in [-0.05, 0) is 44.4 Å². The first-order chi connectivity index (χ1) is 14.8. The third-order valence-corrected chi connectivity index (χ3v) is 5.84. The third-order valence-electron chi connectivity index (χ3n) is 5.84. The Labute approximate surface area is 175 Å². The number of ether oxygens (including phenoxy) is 2. The number of anilines is 1. The van der Waals surface area contributed by atoms with Crippen molar-refractivity contribution in [2.75, 3.05) is 31.3 Å². The molecule has 2 saturated heterocycles. The first-order valence-corrected chi connectivity index (χ1v) is 10.5. The van der Waals surface area contributed by atoms with E-state index in [9.17, 15) is 5.26 Å². The second-order valence-electron chi connectivity index (χ2n) is 7.80. The summed E-state index contributed by atoms with van der Waals surface area (Å²) in [4.78, 5) is 11.8.